The monoisotopic (exact) mass is 305 g/mol. The summed E-state index contributed by atoms with van der Waals surface area (Å²) in [5.74, 6) is -0.0464. The molecule has 0 aromatic carbocycles. The minimum atomic E-state index is -3.67. The lowest BCUT2D eigenvalue weighted by atomic mass is 10.4. The van der Waals surface area contributed by atoms with E-state index in [0.717, 1.165) is 5.75 Å². The van der Waals surface area contributed by atoms with Crippen molar-refractivity contribution in [2.75, 3.05) is 26.0 Å². The Labute approximate surface area is 116 Å². The van der Waals surface area contributed by atoms with Gasteiger partial charge in [0, 0.05) is 24.1 Å². The number of carbonyl (C=O) groups is 1. The molecule has 106 valence electrons. The van der Waals surface area contributed by atoms with Crippen LogP contribution in [0.1, 0.15) is 17.5 Å². The molecule has 1 aliphatic heterocycles. The number of hydrogen-bond acceptors (Lipinski definition) is 6. The van der Waals surface area contributed by atoms with E-state index in [1.54, 1.807) is 11.8 Å². The van der Waals surface area contributed by atoms with Gasteiger partial charge in [-0.3, -0.25) is 0 Å². The van der Waals surface area contributed by atoms with Crippen molar-refractivity contribution >= 4 is 27.8 Å². The first kappa shape index (κ1) is 14.4. The molecule has 1 aromatic heterocycles. The van der Waals surface area contributed by atoms with Crippen LogP contribution in [0.5, 0.6) is 0 Å². The molecule has 0 aliphatic carbocycles. The number of hydrogen-bond donors (Lipinski definition) is 0. The second-order valence-corrected chi connectivity index (χ2v) is 7.57. The van der Waals surface area contributed by atoms with Gasteiger partial charge in [0.05, 0.1) is 7.11 Å². The summed E-state index contributed by atoms with van der Waals surface area (Å²) in [6, 6.07) is 2.59. The van der Waals surface area contributed by atoms with E-state index < -0.39 is 16.0 Å². The molecule has 1 atom stereocenters. The highest BCUT2D eigenvalue weighted by molar-refractivity contribution is 8.00. The highest BCUT2D eigenvalue weighted by atomic mass is 32.2. The fourth-order valence-corrected chi connectivity index (χ4v) is 4.47. The molecule has 0 amide bonds. The summed E-state index contributed by atoms with van der Waals surface area (Å²) in [6.45, 7) is 2.88. The number of ether oxygens (including phenoxy) is 1. The molecule has 0 unspecified atom stereocenters. The van der Waals surface area contributed by atoms with Crippen LogP contribution < -0.4 is 0 Å². The number of rotatable bonds is 3. The van der Waals surface area contributed by atoms with Gasteiger partial charge in [-0.15, -0.1) is 0 Å². The van der Waals surface area contributed by atoms with E-state index in [2.05, 4.69) is 4.74 Å². The Morgan fingerprint density at radius 1 is 1.53 bits per heavy atom. The summed E-state index contributed by atoms with van der Waals surface area (Å²) in [6.07, 6.45) is 0. The van der Waals surface area contributed by atoms with Crippen molar-refractivity contribution < 1.29 is 22.4 Å². The Balaban J connectivity index is 2.24. The molecule has 1 saturated heterocycles. The van der Waals surface area contributed by atoms with Gasteiger partial charge in [0.2, 0.25) is 10.9 Å². The van der Waals surface area contributed by atoms with Crippen molar-refractivity contribution in [3.63, 3.8) is 0 Å². The third-order valence-electron chi connectivity index (χ3n) is 2.77. The highest BCUT2D eigenvalue weighted by Crippen LogP contribution is 2.25. The van der Waals surface area contributed by atoms with Gasteiger partial charge in [0.25, 0.3) is 10.0 Å². The SMILES string of the molecule is COC(=O)c1ccc(S(=O)(=O)N2CCS[C@@H](C)C2)o1. The molecule has 1 fully saturated rings. The van der Waals surface area contributed by atoms with Crippen molar-refractivity contribution in [2.45, 2.75) is 17.3 Å². The van der Waals surface area contributed by atoms with Crippen LogP contribution in [0.25, 0.3) is 0 Å². The van der Waals surface area contributed by atoms with Gasteiger partial charge in [-0.05, 0) is 12.1 Å². The predicted octanol–water partition coefficient (Wildman–Crippen LogP) is 1.19. The van der Waals surface area contributed by atoms with Crippen LogP contribution in [-0.4, -0.2) is 49.9 Å². The Morgan fingerprint density at radius 2 is 2.26 bits per heavy atom. The molecule has 6 nitrogen and oxygen atoms in total. The first-order valence-electron chi connectivity index (χ1n) is 5.75. The number of sulfonamides is 1. The van der Waals surface area contributed by atoms with Crippen LogP contribution in [0.2, 0.25) is 0 Å². The zero-order valence-corrected chi connectivity index (χ0v) is 12.3. The van der Waals surface area contributed by atoms with E-state index in [-0.39, 0.29) is 16.1 Å². The Bertz CT molecular complexity index is 565. The predicted molar refractivity (Wildman–Crippen MR) is 70.7 cm³/mol. The van der Waals surface area contributed by atoms with Crippen LogP contribution >= 0.6 is 11.8 Å². The van der Waals surface area contributed by atoms with Gasteiger partial charge in [0.15, 0.2) is 0 Å². The van der Waals surface area contributed by atoms with Crippen molar-refractivity contribution in [1.29, 1.82) is 0 Å². The zero-order valence-electron chi connectivity index (χ0n) is 10.7. The summed E-state index contributed by atoms with van der Waals surface area (Å²) in [5, 5.41) is 0.0329. The molecule has 1 aromatic rings. The molecule has 0 bridgehead atoms. The van der Waals surface area contributed by atoms with Crippen molar-refractivity contribution in [3.05, 3.63) is 17.9 Å². The average Bonchev–Trinajstić information content (AvgIpc) is 2.88. The van der Waals surface area contributed by atoms with Gasteiger partial charge in [-0.1, -0.05) is 6.92 Å². The lowest BCUT2D eigenvalue weighted by molar-refractivity contribution is 0.0558. The third-order valence-corrected chi connectivity index (χ3v) is 5.64. The molecule has 0 saturated carbocycles. The smallest absolute Gasteiger partial charge is 0.374 e. The lowest BCUT2D eigenvalue weighted by Gasteiger charge is -2.28. The fraction of sp³-hybridized carbons (Fsp3) is 0.545. The summed E-state index contributed by atoms with van der Waals surface area (Å²) in [4.78, 5) is 11.3. The van der Waals surface area contributed by atoms with E-state index in [0.29, 0.717) is 13.1 Å². The topological polar surface area (TPSA) is 76.8 Å². The Hall–Kier alpha value is -0.990. The first-order chi connectivity index (χ1) is 8.95. The maximum Gasteiger partial charge on any atom is 0.374 e. The standard InChI is InChI=1S/C11H15NO5S2/c1-8-7-12(5-6-18-8)19(14,15)10-4-3-9(17-10)11(13)16-2/h3-4,8H,5-7H2,1-2H3/t8-/m0/s1. The van der Waals surface area contributed by atoms with E-state index in [9.17, 15) is 13.2 Å². The van der Waals surface area contributed by atoms with Gasteiger partial charge >= 0.3 is 5.97 Å². The van der Waals surface area contributed by atoms with Crippen molar-refractivity contribution in [1.82, 2.24) is 4.31 Å². The number of esters is 1. The van der Waals surface area contributed by atoms with E-state index in [4.69, 9.17) is 4.42 Å². The van der Waals surface area contributed by atoms with Gasteiger partial charge in [-0.25, -0.2) is 13.2 Å². The summed E-state index contributed by atoms with van der Waals surface area (Å²) in [5.41, 5.74) is 0. The van der Waals surface area contributed by atoms with Crippen LogP contribution in [0.4, 0.5) is 0 Å². The molecule has 2 rings (SSSR count). The van der Waals surface area contributed by atoms with Gasteiger partial charge in [0.1, 0.15) is 0 Å². The molecular formula is C11H15NO5S2. The molecule has 0 spiro atoms. The normalized spacial score (nSPS) is 21.3. The number of carbonyl (C=O) groups excluding carboxylic acids is 1. The summed E-state index contributed by atoms with van der Waals surface area (Å²) >= 11 is 1.74. The quantitative estimate of drug-likeness (QED) is 0.781. The Kier molecular flexibility index (Phi) is 4.22. The average molecular weight is 305 g/mol. The van der Waals surface area contributed by atoms with Crippen molar-refractivity contribution in [2.24, 2.45) is 0 Å². The minimum absolute atomic E-state index is 0.111. The van der Waals surface area contributed by atoms with Crippen LogP contribution in [0, 0.1) is 0 Å². The molecular weight excluding hydrogens is 290 g/mol. The second-order valence-electron chi connectivity index (χ2n) is 4.15. The Morgan fingerprint density at radius 3 is 2.89 bits per heavy atom. The fourth-order valence-electron chi connectivity index (χ4n) is 1.80. The molecule has 0 N–H and O–H groups in total. The molecule has 1 aliphatic rings. The number of methoxy groups -OCH3 is 1. The van der Waals surface area contributed by atoms with Crippen LogP contribution in [0.15, 0.2) is 21.6 Å². The second kappa shape index (κ2) is 5.56. The van der Waals surface area contributed by atoms with E-state index >= 15 is 0 Å². The van der Waals surface area contributed by atoms with Crippen molar-refractivity contribution in [3.8, 4) is 0 Å². The minimum Gasteiger partial charge on any atom is -0.463 e. The molecule has 19 heavy (non-hydrogen) atoms. The highest BCUT2D eigenvalue weighted by Gasteiger charge is 2.32. The largest absolute Gasteiger partial charge is 0.463 e. The maximum absolute atomic E-state index is 12.3. The molecule has 2 heterocycles. The van der Waals surface area contributed by atoms with Crippen LogP contribution in [0.3, 0.4) is 0 Å². The number of nitrogens with zero attached hydrogens (tertiary/aromatic N) is 1. The third kappa shape index (κ3) is 2.96. The van der Waals surface area contributed by atoms with E-state index in [1.165, 1.54) is 23.5 Å². The maximum atomic E-state index is 12.3. The molecule has 0 radical (unpaired) electrons. The van der Waals surface area contributed by atoms with Crippen LogP contribution in [-0.2, 0) is 14.8 Å². The van der Waals surface area contributed by atoms with Gasteiger partial charge in [-0.2, -0.15) is 16.1 Å². The summed E-state index contributed by atoms with van der Waals surface area (Å²) in [7, 11) is -2.46. The summed E-state index contributed by atoms with van der Waals surface area (Å²) < 4.78 is 35.6. The lowest BCUT2D eigenvalue weighted by Crippen LogP contribution is -2.40. The van der Waals surface area contributed by atoms with Gasteiger partial charge < -0.3 is 9.15 Å². The first-order valence-corrected chi connectivity index (χ1v) is 8.24. The number of furan rings is 1. The molecule has 8 heteroatoms. The number of thioether (sulfide) groups is 1. The zero-order chi connectivity index (χ0) is 14.0. The van der Waals surface area contributed by atoms with E-state index in [1.807, 2.05) is 6.92 Å².